The van der Waals surface area contributed by atoms with E-state index in [1.165, 1.54) is 0 Å². The third-order valence-corrected chi connectivity index (χ3v) is 3.47. The van der Waals surface area contributed by atoms with E-state index in [9.17, 15) is 9.59 Å². The lowest BCUT2D eigenvalue weighted by Gasteiger charge is -2.13. The smallest absolute Gasteiger partial charge is 0.315 e. The van der Waals surface area contributed by atoms with Crippen LogP contribution in [0.25, 0.3) is 11.0 Å². The van der Waals surface area contributed by atoms with Crippen LogP contribution in [0.15, 0.2) is 28.7 Å². The minimum atomic E-state index is -0.867. The number of furan rings is 1. The maximum Gasteiger partial charge on any atom is 0.315 e. The number of fused-ring (bicyclic) bond motifs is 1. The second kappa shape index (κ2) is 6.98. The molecule has 6 heteroatoms. The first-order valence-electron chi connectivity index (χ1n) is 7.23. The number of carboxylic acids is 1. The van der Waals surface area contributed by atoms with E-state index in [4.69, 9.17) is 9.52 Å². The van der Waals surface area contributed by atoms with Crippen LogP contribution < -0.4 is 10.6 Å². The number of para-hydroxylation sites is 1. The summed E-state index contributed by atoms with van der Waals surface area (Å²) in [6.45, 7) is 4.13. The zero-order valence-corrected chi connectivity index (χ0v) is 12.7. The zero-order valence-electron chi connectivity index (χ0n) is 12.7. The first-order valence-corrected chi connectivity index (χ1v) is 7.23. The molecule has 1 atom stereocenters. The fourth-order valence-electron chi connectivity index (χ4n) is 2.36. The first-order chi connectivity index (χ1) is 10.5. The van der Waals surface area contributed by atoms with E-state index in [1.54, 1.807) is 0 Å². The van der Waals surface area contributed by atoms with Gasteiger partial charge in [-0.05, 0) is 26.3 Å². The number of urea groups is 1. The summed E-state index contributed by atoms with van der Waals surface area (Å²) in [5.41, 5.74) is 1.81. The molecule has 3 N–H and O–H groups in total. The molecule has 6 nitrogen and oxygen atoms in total. The Kier molecular flexibility index (Phi) is 5.04. The molecule has 0 bridgehead atoms. The van der Waals surface area contributed by atoms with Crippen LogP contribution in [0.4, 0.5) is 4.79 Å². The van der Waals surface area contributed by atoms with Crippen molar-refractivity contribution in [3.8, 4) is 0 Å². The Morgan fingerprint density at radius 2 is 2.05 bits per heavy atom. The number of aryl methyl sites for hydroxylation is 1. The predicted molar refractivity (Wildman–Crippen MR) is 82.8 cm³/mol. The molecule has 0 radical (unpaired) electrons. The van der Waals surface area contributed by atoms with E-state index in [2.05, 4.69) is 10.6 Å². The van der Waals surface area contributed by atoms with Gasteiger partial charge in [-0.2, -0.15) is 0 Å². The average molecular weight is 304 g/mol. The molecule has 1 aromatic heterocycles. The Morgan fingerprint density at radius 1 is 1.32 bits per heavy atom. The Labute approximate surface area is 128 Å². The van der Waals surface area contributed by atoms with Crippen molar-refractivity contribution in [1.82, 2.24) is 10.6 Å². The Balaban J connectivity index is 1.93. The van der Waals surface area contributed by atoms with Crippen molar-refractivity contribution < 1.29 is 19.1 Å². The molecule has 0 spiro atoms. The van der Waals surface area contributed by atoms with Gasteiger partial charge in [-0.1, -0.05) is 18.2 Å². The molecule has 0 aliphatic rings. The van der Waals surface area contributed by atoms with Gasteiger partial charge in [0.15, 0.2) is 0 Å². The number of nitrogens with one attached hydrogen (secondary N) is 2. The lowest BCUT2D eigenvalue weighted by Crippen LogP contribution is -2.37. The number of aliphatic carboxylic acids is 1. The normalized spacial score (nSPS) is 12.1. The number of amides is 2. The standard InChI is InChI=1S/C16H20N2O4/c1-10-12-6-3-4-7-13(12)22-15(10)11(2)18-16(21)17-9-5-8-14(19)20/h3-4,6-7,11H,5,8-9H2,1-2H3,(H,19,20)(H2,17,18,21)/t11-/m1/s1. The van der Waals surface area contributed by atoms with E-state index in [0.717, 1.165) is 22.3 Å². The lowest BCUT2D eigenvalue weighted by atomic mass is 10.1. The minimum Gasteiger partial charge on any atom is -0.481 e. The molecule has 2 aromatic rings. The SMILES string of the molecule is Cc1c([C@@H](C)NC(=O)NCCCC(=O)O)oc2ccccc12. The van der Waals surface area contributed by atoms with Crippen LogP contribution in [-0.2, 0) is 4.79 Å². The molecule has 1 aromatic carbocycles. The second-order valence-electron chi connectivity index (χ2n) is 5.21. The highest BCUT2D eigenvalue weighted by Crippen LogP contribution is 2.28. The van der Waals surface area contributed by atoms with E-state index >= 15 is 0 Å². The molecule has 0 saturated carbocycles. The van der Waals surface area contributed by atoms with Gasteiger partial charge in [0.1, 0.15) is 11.3 Å². The quantitative estimate of drug-likeness (QED) is 0.715. The largest absolute Gasteiger partial charge is 0.481 e. The topological polar surface area (TPSA) is 91.6 Å². The summed E-state index contributed by atoms with van der Waals surface area (Å²) in [6, 6.07) is 7.12. The lowest BCUT2D eigenvalue weighted by molar-refractivity contribution is -0.137. The predicted octanol–water partition coefficient (Wildman–Crippen LogP) is 2.97. The average Bonchev–Trinajstić information content (AvgIpc) is 2.81. The molecule has 2 rings (SSSR count). The van der Waals surface area contributed by atoms with Gasteiger partial charge < -0.3 is 20.2 Å². The molecule has 2 amide bonds. The van der Waals surface area contributed by atoms with Crippen LogP contribution in [0.2, 0.25) is 0 Å². The fourth-order valence-corrected chi connectivity index (χ4v) is 2.36. The van der Waals surface area contributed by atoms with Crippen molar-refractivity contribution in [2.75, 3.05) is 6.54 Å². The highest BCUT2D eigenvalue weighted by atomic mass is 16.4. The summed E-state index contributed by atoms with van der Waals surface area (Å²) in [6.07, 6.45) is 0.444. The minimum absolute atomic E-state index is 0.0402. The van der Waals surface area contributed by atoms with Gasteiger partial charge in [0, 0.05) is 23.9 Å². The van der Waals surface area contributed by atoms with Gasteiger partial charge in [-0.15, -0.1) is 0 Å². The molecule has 22 heavy (non-hydrogen) atoms. The highest BCUT2D eigenvalue weighted by Gasteiger charge is 2.17. The highest BCUT2D eigenvalue weighted by molar-refractivity contribution is 5.82. The van der Waals surface area contributed by atoms with Gasteiger partial charge >= 0.3 is 12.0 Å². The molecule has 0 aliphatic carbocycles. The molecule has 1 heterocycles. The van der Waals surface area contributed by atoms with Crippen LogP contribution in [0.5, 0.6) is 0 Å². The fraction of sp³-hybridized carbons (Fsp3) is 0.375. The van der Waals surface area contributed by atoms with Crippen molar-refractivity contribution in [2.45, 2.75) is 32.7 Å². The van der Waals surface area contributed by atoms with Crippen molar-refractivity contribution >= 4 is 23.0 Å². The maximum absolute atomic E-state index is 11.8. The summed E-state index contributed by atoms with van der Waals surface area (Å²) >= 11 is 0. The second-order valence-corrected chi connectivity index (χ2v) is 5.21. The van der Waals surface area contributed by atoms with Crippen molar-refractivity contribution in [2.24, 2.45) is 0 Å². The van der Waals surface area contributed by atoms with Crippen molar-refractivity contribution in [3.63, 3.8) is 0 Å². The molecule has 0 aliphatic heterocycles. The molecular weight excluding hydrogens is 284 g/mol. The Bertz CT molecular complexity index is 678. The van der Waals surface area contributed by atoms with E-state index in [0.29, 0.717) is 13.0 Å². The third-order valence-electron chi connectivity index (χ3n) is 3.47. The van der Waals surface area contributed by atoms with E-state index < -0.39 is 5.97 Å². The molecule has 0 unspecified atom stereocenters. The number of carboxylic acid groups (broad SMARTS) is 1. The van der Waals surface area contributed by atoms with Crippen LogP contribution in [0.3, 0.4) is 0 Å². The zero-order chi connectivity index (χ0) is 16.1. The number of hydrogen-bond acceptors (Lipinski definition) is 3. The number of hydrogen-bond donors (Lipinski definition) is 3. The maximum atomic E-state index is 11.8. The monoisotopic (exact) mass is 304 g/mol. The van der Waals surface area contributed by atoms with Crippen molar-refractivity contribution in [1.29, 1.82) is 0 Å². The Morgan fingerprint density at radius 3 is 2.73 bits per heavy atom. The van der Waals surface area contributed by atoms with Gasteiger partial charge in [-0.25, -0.2) is 4.79 Å². The Hall–Kier alpha value is -2.50. The molecule has 118 valence electrons. The number of rotatable bonds is 6. The molecular formula is C16H20N2O4. The summed E-state index contributed by atoms with van der Waals surface area (Å²) in [4.78, 5) is 22.2. The van der Waals surface area contributed by atoms with Crippen LogP contribution >= 0.6 is 0 Å². The summed E-state index contributed by atoms with van der Waals surface area (Å²) < 4.78 is 5.80. The number of carbonyl (C=O) groups is 2. The summed E-state index contributed by atoms with van der Waals surface area (Å²) in [7, 11) is 0. The number of benzene rings is 1. The summed E-state index contributed by atoms with van der Waals surface area (Å²) in [5, 5.41) is 15.0. The van der Waals surface area contributed by atoms with Gasteiger partial charge in [0.25, 0.3) is 0 Å². The third kappa shape index (κ3) is 3.78. The van der Waals surface area contributed by atoms with Gasteiger partial charge in [-0.3, -0.25) is 4.79 Å². The van der Waals surface area contributed by atoms with Gasteiger partial charge in [0.05, 0.1) is 6.04 Å². The van der Waals surface area contributed by atoms with Crippen LogP contribution in [0.1, 0.15) is 37.1 Å². The molecule has 0 saturated heterocycles. The van der Waals surface area contributed by atoms with Gasteiger partial charge in [0.2, 0.25) is 0 Å². The van der Waals surface area contributed by atoms with Crippen molar-refractivity contribution in [3.05, 3.63) is 35.6 Å². The molecule has 0 fully saturated rings. The first kappa shape index (κ1) is 15.9. The number of carbonyl (C=O) groups excluding carboxylic acids is 1. The van der Waals surface area contributed by atoms with E-state index in [1.807, 2.05) is 38.1 Å². The van der Waals surface area contributed by atoms with Crippen LogP contribution in [0, 0.1) is 6.92 Å². The van der Waals surface area contributed by atoms with Crippen LogP contribution in [-0.4, -0.2) is 23.7 Å². The summed E-state index contributed by atoms with van der Waals surface area (Å²) in [5.74, 6) is -0.143. The van der Waals surface area contributed by atoms with E-state index in [-0.39, 0.29) is 18.5 Å².